The molecule has 98 valence electrons. The Kier molecular flexibility index (Phi) is 4.33. The Morgan fingerprint density at radius 3 is 2.44 bits per heavy atom. The zero-order valence-corrected chi connectivity index (χ0v) is 10.4. The van der Waals surface area contributed by atoms with Gasteiger partial charge < -0.3 is 10.2 Å². The number of benzene rings is 1. The summed E-state index contributed by atoms with van der Waals surface area (Å²) in [5, 5.41) is 18.3. The number of piperidine rings is 1. The standard InChI is InChI=1S/C14H19NO3/c16-13-5-7-15(8-6-13)10-12-4-2-1-3-11(12)9-14(17)18/h1-4,13,16H,5-10H2,(H,17,18). The maximum Gasteiger partial charge on any atom is 0.307 e. The van der Waals surface area contributed by atoms with Gasteiger partial charge in [0.05, 0.1) is 12.5 Å². The average molecular weight is 249 g/mol. The minimum absolute atomic E-state index is 0.0760. The van der Waals surface area contributed by atoms with Crippen molar-refractivity contribution in [2.45, 2.75) is 31.9 Å². The van der Waals surface area contributed by atoms with Gasteiger partial charge in [-0.05, 0) is 24.0 Å². The van der Waals surface area contributed by atoms with Crippen LogP contribution in [0.4, 0.5) is 0 Å². The molecule has 0 aromatic heterocycles. The van der Waals surface area contributed by atoms with Crippen molar-refractivity contribution in [1.29, 1.82) is 0 Å². The highest BCUT2D eigenvalue weighted by Gasteiger charge is 2.18. The molecule has 0 unspecified atom stereocenters. The fraction of sp³-hybridized carbons (Fsp3) is 0.500. The molecule has 1 fully saturated rings. The number of carboxylic acids is 1. The lowest BCUT2D eigenvalue weighted by Gasteiger charge is -2.30. The molecule has 1 heterocycles. The van der Waals surface area contributed by atoms with E-state index in [1.54, 1.807) is 0 Å². The van der Waals surface area contributed by atoms with Gasteiger partial charge in [-0.15, -0.1) is 0 Å². The predicted molar refractivity (Wildman–Crippen MR) is 68.3 cm³/mol. The van der Waals surface area contributed by atoms with Crippen molar-refractivity contribution in [1.82, 2.24) is 4.90 Å². The third-order valence-electron chi connectivity index (χ3n) is 3.41. The summed E-state index contributed by atoms with van der Waals surface area (Å²) in [5.74, 6) is -0.795. The second-order valence-corrected chi connectivity index (χ2v) is 4.85. The molecule has 1 aliphatic rings. The van der Waals surface area contributed by atoms with Crippen LogP contribution < -0.4 is 0 Å². The van der Waals surface area contributed by atoms with Crippen LogP contribution in [0.1, 0.15) is 24.0 Å². The maximum absolute atomic E-state index is 10.8. The number of carbonyl (C=O) groups is 1. The monoisotopic (exact) mass is 249 g/mol. The number of carboxylic acid groups (broad SMARTS) is 1. The molecule has 0 radical (unpaired) electrons. The van der Waals surface area contributed by atoms with E-state index >= 15 is 0 Å². The van der Waals surface area contributed by atoms with Crippen molar-refractivity contribution in [2.75, 3.05) is 13.1 Å². The number of hydrogen-bond donors (Lipinski definition) is 2. The number of aliphatic carboxylic acids is 1. The van der Waals surface area contributed by atoms with Crippen LogP contribution in [0.25, 0.3) is 0 Å². The van der Waals surface area contributed by atoms with Crippen molar-refractivity contribution in [3.63, 3.8) is 0 Å². The second kappa shape index (κ2) is 5.98. The molecule has 18 heavy (non-hydrogen) atoms. The lowest BCUT2D eigenvalue weighted by atomic mass is 10.0. The molecule has 1 aliphatic heterocycles. The Labute approximate surface area is 107 Å². The maximum atomic E-state index is 10.8. The van der Waals surface area contributed by atoms with E-state index in [0.717, 1.165) is 43.6 Å². The molecule has 0 aliphatic carbocycles. The summed E-state index contributed by atoms with van der Waals surface area (Å²) < 4.78 is 0. The van der Waals surface area contributed by atoms with Crippen LogP contribution in [0.3, 0.4) is 0 Å². The summed E-state index contributed by atoms with van der Waals surface area (Å²) in [6, 6.07) is 7.69. The fourth-order valence-electron chi connectivity index (χ4n) is 2.37. The van der Waals surface area contributed by atoms with Crippen LogP contribution in [0.2, 0.25) is 0 Å². The predicted octanol–water partition coefficient (Wildman–Crippen LogP) is 1.27. The number of aliphatic hydroxyl groups excluding tert-OH is 1. The highest BCUT2D eigenvalue weighted by atomic mass is 16.4. The highest BCUT2D eigenvalue weighted by Crippen LogP contribution is 2.16. The quantitative estimate of drug-likeness (QED) is 0.843. The lowest BCUT2D eigenvalue weighted by molar-refractivity contribution is -0.136. The first-order valence-corrected chi connectivity index (χ1v) is 6.34. The van der Waals surface area contributed by atoms with E-state index in [9.17, 15) is 9.90 Å². The molecular weight excluding hydrogens is 230 g/mol. The van der Waals surface area contributed by atoms with E-state index in [1.165, 1.54) is 0 Å². The fourth-order valence-corrected chi connectivity index (χ4v) is 2.37. The topological polar surface area (TPSA) is 60.8 Å². The summed E-state index contributed by atoms with van der Waals surface area (Å²) in [6.45, 7) is 2.53. The van der Waals surface area contributed by atoms with Gasteiger partial charge in [0, 0.05) is 19.6 Å². The van der Waals surface area contributed by atoms with Crippen LogP contribution in [0.15, 0.2) is 24.3 Å². The van der Waals surface area contributed by atoms with Crippen molar-refractivity contribution < 1.29 is 15.0 Å². The van der Waals surface area contributed by atoms with Gasteiger partial charge in [-0.25, -0.2) is 0 Å². The molecule has 4 heteroatoms. The molecule has 4 nitrogen and oxygen atoms in total. The van der Waals surface area contributed by atoms with Gasteiger partial charge in [-0.1, -0.05) is 24.3 Å². The van der Waals surface area contributed by atoms with Crippen LogP contribution in [-0.4, -0.2) is 40.3 Å². The number of hydrogen-bond acceptors (Lipinski definition) is 3. The summed E-state index contributed by atoms with van der Waals surface area (Å²) in [7, 11) is 0. The van der Waals surface area contributed by atoms with Gasteiger partial charge in [0.1, 0.15) is 0 Å². The second-order valence-electron chi connectivity index (χ2n) is 4.85. The van der Waals surface area contributed by atoms with Gasteiger partial charge >= 0.3 is 5.97 Å². The van der Waals surface area contributed by atoms with Crippen molar-refractivity contribution in [3.8, 4) is 0 Å². The Bertz CT molecular complexity index is 411. The van der Waals surface area contributed by atoms with E-state index in [0.29, 0.717) is 0 Å². The van der Waals surface area contributed by atoms with E-state index < -0.39 is 5.97 Å². The minimum atomic E-state index is -0.795. The highest BCUT2D eigenvalue weighted by molar-refractivity contribution is 5.70. The molecule has 0 saturated carbocycles. The van der Waals surface area contributed by atoms with E-state index in [-0.39, 0.29) is 12.5 Å². The van der Waals surface area contributed by atoms with Crippen LogP contribution in [0.5, 0.6) is 0 Å². The van der Waals surface area contributed by atoms with Gasteiger partial charge in [-0.2, -0.15) is 0 Å². The molecule has 1 saturated heterocycles. The first-order chi connectivity index (χ1) is 8.65. The van der Waals surface area contributed by atoms with E-state index in [4.69, 9.17) is 5.11 Å². The van der Waals surface area contributed by atoms with Gasteiger partial charge in [0.15, 0.2) is 0 Å². The largest absolute Gasteiger partial charge is 0.481 e. The Morgan fingerprint density at radius 1 is 1.22 bits per heavy atom. The first-order valence-electron chi connectivity index (χ1n) is 6.34. The number of nitrogens with zero attached hydrogens (tertiary/aromatic N) is 1. The molecule has 2 rings (SSSR count). The zero-order valence-electron chi connectivity index (χ0n) is 10.4. The zero-order chi connectivity index (χ0) is 13.0. The molecule has 2 N–H and O–H groups in total. The van der Waals surface area contributed by atoms with Crippen molar-refractivity contribution >= 4 is 5.97 Å². The molecule has 0 spiro atoms. The SMILES string of the molecule is O=C(O)Cc1ccccc1CN1CCC(O)CC1. The van der Waals surface area contributed by atoms with E-state index in [2.05, 4.69) is 4.90 Å². The van der Waals surface area contributed by atoms with Crippen LogP contribution in [0, 0.1) is 0 Å². The Balaban J connectivity index is 2.02. The summed E-state index contributed by atoms with van der Waals surface area (Å²) in [6.07, 6.45) is 1.52. The Morgan fingerprint density at radius 2 is 1.83 bits per heavy atom. The van der Waals surface area contributed by atoms with Crippen molar-refractivity contribution in [2.24, 2.45) is 0 Å². The minimum Gasteiger partial charge on any atom is -0.481 e. The third-order valence-corrected chi connectivity index (χ3v) is 3.41. The molecular formula is C14H19NO3. The molecule has 1 aromatic carbocycles. The van der Waals surface area contributed by atoms with Crippen LogP contribution >= 0.6 is 0 Å². The van der Waals surface area contributed by atoms with Crippen LogP contribution in [-0.2, 0) is 17.8 Å². The average Bonchev–Trinajstić information content (AvgIpc) is 2.34. The summed E-state index contributed by atoms with van der Waals surface area (Å²) in [5.41, 5.74) is 1.97. The van der Waals surface area contributed by atoms with Gasteiger partial charge in [-0.3, -0.25) is 9.69 Å². The number of likely N-dealkylation sites (tertiary alicyclic amines) is 1. The van der Waals surface area contributed by atoms with Gasteiger partial charge in [0.25, 0.3) is 0 Å². The molecule has 0 bridgehead atoms. The number of rotatable bonds is 4. The lowest BCUT2D eigenvalue weighted by Crippen LogP contribution is -2.35. The first kappa shape index (κ1) is 13.1. The summed E-state index contributed by atoms with van der Waals surface area (Å²) >= 11 is 0. The smallest absolute Gasteiger partial charge is 0.307 e. The molecule has 0 amide bonds. The number of aliphatic hydroxyl groups is 1. The summed E-state index contributed by atoms with van der Waals surface area (Å²) in [4.78, 5) is 13.1. The Hall–Kier alpha value is -1.39. The van der Waals surface area contributed by atoms with E-state index in [1.807, 2.05) is 24.3 Å². The van der Waals surface area contributed by atoms with Gasteiger partial charge in [0.2, 0.25) is 0 Å². The van der Waals surface area contributed by atoms with Crippen molar-refractivity contribution in [3.05, 3.63) is 35.4 Å². The molecule has 0 atom stereocenters. The third kappa shape index (κ3) is 3.55. The normalized spacial score (nSPS) is 17.8. The molecule has 1 aromatic rings.